The minimum Gasteiger partial charge on any atom is -0.462 e. The summed E-state index contributed by atoms with van der Waals surface area (Å²) < 4.78 is 68.4. The maximum atomic E-state index is 13.1. The molecule has 0 aromatic rings. The summed E-state index contributed by atoms with van der Waals surface area (Å²) >= 11 is 0. The summed E-state index contributed by atoms with van der Waals surface area (Å²) in [5.74, 6) is -2.17. The minimum absolute atomic E-state index is 0.0848. The van der Waals surface area contributed by atoms with Crippen LogP contribution in [0.15, 0.2) is 48.6 Å². The lowest BCUT2D eigenvalue weighted by atomic mass is 10.0. The molecule has 550 valence electrons. The Labute approximate surface area is 572 Å². The van der Waals surface area contributed by atoms with Crippen LogP contribution in [0.25, 0.3) is 0 Å². The molecule has 0 saturated heterocycles. The van der Waals surface area contributed by atoms with Crippen molar-refractivity contribution in [1.29, 1.82) is 0 Å². The number of allylic oxidation sites excluding steroid dienone is 8. The number of esters is 4. The van der Waals surface area contributed by atoms with E-state index in [-0.39, 0.29) is 25.7 Å². The highest BCUT2D eigenvalue weighted by Gasteiger charge is 2.30. The molecule has 5 unspecified atom stereocenters. The van der Waals surface area contributed by atoms with Gasteiger partial charge in [-0.2, -0.15) is 0 Å². The van der Waals surface area contributed by atoms with Gasteiger partial charge in [-0.1, -0.05) is 295 Å². The molecule has 3 N–H and O–H groups in total. The number of hydrogen-bond acceptors (Lipinski definition) is 15. The Hall–Kier alpha value is -2.98. The van der Waals surface area contributed by atoms with Crippen molar-refractivity contribution in [3.8, 4) is 0 Å². The zero-order valence-electron chi connectivity index (χ0n) is 59.9. The Bertz CT molecular complexity index is 1980. The van der Waals surface area contributed by atoms with Crippen LogP contribution in [0.2, 0.25) is 0 Å². The standard InChI is InChI=1S/C75H138O17P2/c1-5-9-13-17-21-25-29-32-34-37-40-43-47-51-55-59-72(77)85-65-70(91-74(79)61-57-53-49-45-39-28-24-20-16-12-8-4)67-89-93(81,82)87-63-69(76)64-88-94(83,84)90-68-71(92-75(80)62-58-54-50-46-42-36-31-27-23-19-15-11-7-3)66-86-73(78)60-56-52-48-44-41-38-35-33-30-26-22-18-14-10-6-2/h9,13,20-21,24-25,32,34,69-71,76H,5-8,10-12,14-19,22-23,26-31,33,35-68H2,1-4H3,(H,81,82)(H,83,84)/b13-9-,24-20-,25-21-,34-32-. The van der Waals surface area contributed by atoms with Gasteiger partial charge in [0.25, 0.3) is 0 Å². The Morgan fingerprint density at radius 2 is 0.564 bits per heavy atom. The van der Waals surface area contributed by atoms with Crippen LogP contribution in [-0.4, -0.2) is 96.7 Å². The van der Waals surface area contributed by atoms with E-state index in [9.17, 15) is 43.2 Å². The lowest BCUT2D eigenvalue weighted by molar-refractivity contribution is -0.161. The molecule has 0 amide bonds. The third-order valence-corrected chi connectivity index (χ3v) is 18.2. The predicted octanol–water partition coefficient (Wildman–Crippen LogP) is 21.3. The first-order valence-corrected chi connectivity index (χ1v) is 40.9. The molecular formula is C75H138O17P2. The highest BCUT2D eigenvalue weighted by atomic mass is 31.2. The van der Waals surface area contributed by atoms with Crippen LogP contribution in [0.5, 0.6) is 0 Å². The first-order valence-electron chi connectivity index (χ1n) is 37.9. The van der Waals surface area contributed by atoms with Crippen LogP contribution in [0.3, 0.4) is 0 Å². The van der Waals surface area contributed by atoms with Gasteiger partial charge in [0.2, 0.25) is 0 Å². The number of unbranched alkanes of at least 4 members (excludes halogenated alkanes) is 38. The van der Waals surface area contributed by atoms with E-state index >= 15 is 0 Å². The van der Waals surface area contributed by atoms with Crippen LogP contribution >= 0.6 is 15.6 Å². The third-order valence-electron chi connectivity index (χ3n) is 16.3. The molecule has 0 aliphatic heterocycles. The number of hydrogen-bond donors (Lipinski definition) is 3. The van der Waals surface area contributed by atoms with Gasteiger partial charge in [0.05, 0.1) is 26.4 Å². The Morgan fingerprint density at radius 1 is 0.309 bits per heavy atom. The molecule has 0 rings (SSSR count). The fourth-order valence-electron chi connectivity index (χ4n) is 10.5. The van der Waals surface area contributed by atoms with E-state index in [0.717, 1.165) is 135 Å². The van der Waals surface area contributed by atoms with Crippen LogP contribution in [0.1, 0.15) is 349 Å². The van der Waals surface area contributed by atoms with Crippen molar-refractivity contribution in [3.63, 3.8) is 0 Å². The molecule has 0 aromatic heterocycles. The zero-order valence-corrected chi connectivity index (χ0v) is 61.7. The van der Waals surface area contributed by atoms with Gasteiger partial charge in [0, 0.05) is 25.7 Å². The number of carbonyl (C=O) groups excluding carboxylic acids is 4. The van der Waals surface area contributed by atoms with Crippen molar-refractivity contribution in [2.45, 2.75) is 367 Å². The molecule has 0 heterocycles. The van der Waals surface area contributed by atoms with E-state index in [1.807, 2.05) is 0 Å². The van der Waals surface area contributed by atoms with E-state index in [1.54, 1.807) is 0 Å². The van der Waals surface area contributed by atoms with Crippen LogP contribution < -0.4 is 0 Å². The van der Waals surface area contributed by atoms with Gasteiger partial charge in [-0.3, -0.25) is 37.3 Å². The average molecular weight is 1370 g/mol. The molecule has 19 heteroatoms. The van der Waals surface area contributed by atoms with E-state index in [1.165, 1.54) is 135 Å². The summed E-state index contributed by atoms with van der Waals surface area (Å²) in [5, 5.41) is 10.6. The van der Waals surface area contributed by atoms with E-state index < -0.39 is 97.5 Å². The smallest absolute Gasteiger partial charge is 0.462 e. The SMILES string of the molecule is CC/C=C\C/C=C\C/C=C\CCCCCCCC(=O)OCC(COP(=O)(O)OCC(O)COP(=O)(O)OCC(COC(=O)CCCCCCCCCCCCCCCCC)OC(=O)CCCCCCCCCCCCCCC)OC(=O)CCCCCCC/C=C\CCCC. The van der Waals surface area contributed by atoms with Crippen LogP contribution in [0.4, 0.5) is 0 Å². The number of phosphoric acid groups is 2. The number of rotatable bonds is 72. The van der Waals surface area contributed by atoms with Gasteiger partial charge in [-0.05, 0) is 77.0 Å². The van der Waals surface area contributed by atoms with Crippen molar-refractivity contribution in [2.24, 2.45) is 0 Å². The molecule has 0 bridgehead atoms. The summed E-state index contributed by atoms with van der Waals surface area (Å²) in [4.78, 5) is 72.7. The lowest BCUT2D eigenvalue weighted by Gasteiger charge is -2.21. The largest absolute Gasteiger partial charge is 0.472 e. The van der Waals surface area contributed by atoms with E-state index in [0.29, 0.717) is 25.7 Å². The molecule has 0 saturated carbocycles. The fourth-order valence-corrected chi connectivity index (χ4v) is 12.1. The highest BCUT2D eigenvalue weighted by molar-refractivity contribution is 7.47. The molecule has 0 fully saturated rings. The number of ether oxygens (including phenoxy) is 4. The molecule has 0 radical (unpaired) electrons. The first-order chi connectivity index (χ1) is 45.7. The number of aliphatic hydroxyl groups is 1. The van der Waals surface area contributed by atoms with Crippen molar-refractivity contribution in [1.82, 2.24) is 0 Å². The maximum absolute atomic E-state index is 13.1. The van der Waals surface area contributed by atoms with Crippen molar-refractivity contribution >= 4 is 39.5 Å². The second-order valence-electron chi connectivity index (χ2n) is 25.6. The quantitative estimate of drug-likeness (QED) is 0.0169. The van der Waals surface area contributed by atoms with Crippen LogP contribution in [0, 0.1) is 0 Å². The zero-order chi connectivity index (χ0) is 69.0. The first kappa shape index (κ1) is 91.0. The summed E-state index contributed by atoms with van der Waals surface area (Å²) in [5.41, 5.74) is 0. The van der Waals surface area contributed by atoms with Crippen LogP contribution in [-0.2, 0) is 65.4 Å². The minimum atomic E-state index is -4.97. The summed E-state index contributed by atoms with van der Waals surface area (Å²) in [7, 11) is -9.93. The fraction of sp³-hybridized carbons (Fsp3) is 0.840. The lowest BCUT2D eigenvalue weighted by Crippen LogP contribution is -2.30. The molecule has 94 heavy (non-hydrogen) atoms. The van der Waals surface area contributed by atoms with E-state index in [2.05, 4.69) is 76.3 Å². The molecule has 0 aliphatic carbocycles. The summed E-state index contributed by atoms with van der Waals surface area (Å²) in [6.07, 6.45) is 63.9. The Balaban J connectivity index is 5.28. The Morgan fingerprint density at radius 3 is 0.894 bits per heavy atom. The molecule has 5 atom stereocenters. The molecule has 0 aliphatic rings. The summed E-state index contributed by atoms with van der Waals surface area (Å²) in [6.45, 7) is 4.75. The summed E-state index contributed by atoms with van der Waals surface area (Å²) in [6, 6.07) is 0. The predicted molar refractivity (Wildman–Crippen MR) is 381 cm³/mol. The molecule has 0 aromatic carbocycles. The van der Waals surface area contributed by atoms with Gasteiger partial charge in [-0.25, -0.2) is 9.13 Å². The monoisotopic (exact) mass is 1370 g/mol. The number of phosphoric ester groups is 2. The van der Waals surface area contributed by atoms with Gasteiger partial charge in [0.15, 0.2) is 12.2 Å². The van der Waals surface area contributed by atoms with Gasteiger partial charge in [0.1, 0.15) is 19.3 Å². The van der Waals surface area contributed by atoms with Gasteiger partial charge in [-0.15, -0.1) is 0 Å². The van der Waals surface area contributed by atoms with Crippen molar-refractivity contribution in [2.75, 3.05) is 39.6 Å². The normalized spacial score (nSPS) is 14.2. The van der Waals surface area contributed by atoms with Gasteiger partial charge < -0.3 is 33.8 Å². The Kier molecular flexibility index (Phi) is 66.4. The third kappa shape index (κ3) is 67.6. The second kappa shape index (κ2) is 68.5. The van der Waals surface area contributed by atoms with Crippen molar-refractivity contribution < 1.29 is 80.2 Å². The van der Waals surface area contributed by atoms with Gasteiger partial charge >= 0.3 is 39.5 Å². The topological polar surface area (TPSA) is 237 Å². The molecule has 17 nitrogen and oxygen atoms in total. The molecular weight excluding hydrogens is 1230 g/mol. The number of carbonyl (C=O) groups is 4. The highest BCUT2D eigenvalue weighted by Crippen LogP contribution is 2.45. The van der Waals surface area contributed by atoms with E-state index in [4.69, 9.17) is 37.0 Å². The number of aliphatic hydroxyl groups excluding tert-OH is 1. The van der Waals surface area contributed by atoms with Crippen molar-refractivity contribution in [3.05, 3.63) is 48.6 Å². The molecule has 0 spiro atoms. The maximum Gasteiger partial charge on any atom is 0.472 e. The average Bonchev–Trinajstić information content (AvgIpc) is 1.35. The second-order valence-corrected chi connectivity index (χ2v) is 28.5.